The minimum atomic E-state index is -0.517. The Morgan fingerprint density at radius 1 is 1.14 bits per heavy atom. The average molecular weight is 283 g/mol. The van der Waals surface area contributed by atoms with Crippen molar-refractivity contribution in [2.45, 2.75) is 25.0 Å². The van der Waals surface area contributed by atoms with Crippen LogP contribution in [0.15, 0.2) is 30.5 Å². The number of nitrogens with zero attached hydrogens (tertiary/aromatic N) is 2. The SMILES string of the molecule is Nc1ccc(N2C(=O)C3CCC(O3)C2=O)c2cccnc12. The smallest absolute Gasteiger partial charge is 0.263 e. The second kappa shape index (κ2) is 4.26. The van der Waals surface area contributed by atoms with Gasteiger partial charge in [-0.15, -0.1) is 0 Å². The molecule has 0 aliphatic carbocycles. The first-order valence-electron chi connectivity index (χ1n) is 6.83. The highest BCUT2D eigenvalue weighted by Gasteiger charge is 2.47. The van der Waals surface area contributed by atoms with Crippen molar-refractivity contribution in [2.75, 3.05) is 10.6 Å². The number of imide groups is 1. The molecule has 2 aliphatic heterocycles. The second-order valence-corrected chi connectivity index (χ2v) is 5.28. The summed E-state index contributed by atoms with van der Waals surface area (Å²) in [7, 11) is 0. The van der Waals surface area contributed by atoms with Gasteiger partial charge in [-0.1, -0.05) is 0 Å². The molecule has 6 heteroatoms. The molecule has 2 N–H and O–H groups in total. The van der Waals surface area contributed by atoms with E-state index in [-0.39, 0.29) is 11.8 Å². The van der Waals surface area contributed by atoms with Crippen molar-refractivity contribution in [3.63, 3.8) is 0 Å². The van der Waals surface area contributed by atoms with Gasteiger partial charge >= 0.3 is 0 Å². The van der Waals surface area contributed by atoms with E-state index in [1.807, 2.05) is 6.07 Å². The zero-order chi connectivity index (χ0) is 14.6. The molecule has 2 saturated heterocycles. The summed E-state index contributed by atoms with van der Waals surface area (Å²) in [5, 5.41) is 0.695. The average Bonchev–Trinajstić information content (AvgIpc) is 2.95. The van der Waals surface area contributed by atoms with Crippen molar-refractivity contribution in [1.82, 2.24) is 4.98 Å². The predicted molar refractivity (Wildman–Crippen MR) is 76.5 cm³/mol. The number of aromatic nitrogens is 1. The molecule has 106 valence electrons. The Bertz CT molecular complexity index is 752. The predicted octanol–water partition coefficient (Wildman–Crippen LogP) is 1.24. The Hall–Kier alpha value is -2.47. The molecule has 2 atom stereocenters. The van der Waals surface area contributed by atoms with Gasteiger partial charge in [0, 0.05) is 11.6 Å². The normalized spacial score (nSPS) is 24.9. The number of hydrogen-bond acceptors (Lipinski definition) is 5. The molecule has 2 fully saturated rings. The van der Waals surface area contributed by atoms with Crippen LogP contribution in [0.25, 0.3) is 10.9 Å². The Labute approximate surface area is 120 Å². The summed E-state index contributed by atoms with van der Waals surface area (Å²) in [6.07, 6.45) is 1.79. The third-order valence-electron chi connectivity index (χ3n) is 4.03. The van der Waals surface area contributed by atoms with Crippen LogP contribution >= 0.6 is 0 Å². The maximum Gasteiger partial charge on any atom is 0.263 e. The number of carbonyl (C=O) groups excluding carboxylic acids is 2. The lowest BCUT2D eigenvalue weighted by Crippen LogP contribution is -2.52. The Kier molecular flexibility index (Phi) is 2.49. The molecule has 2 bridgehead atoms. The lowest BCUT2D eigenvalue weighted by molar-refractivity contribution is -0.146. The standard InChI is InChI=1S/C15H13N3O3/c16-9-3-4-10(8-2-1-7-17-13(8)9)18-14(19)11-5-6-12(21-11)15(18)20/h1-4,7,11-12H,5-6,16H2. The fourth-order valence-corrected chi connectivity index (χ4v) is 3.01. The minimum Gasteiger partial charge on any atom is -0.397 e. The number of anilines is 2. The van der Waals surface area contributed by atoms with Crippen LogP contribution in [-0.4, -0.2) is 29.0 Å². The summed E-state index contributed by atoms with van der Waals surface area (Å²) >= 11 is 0. The molecule has 0 saturated carbocycles. The number of benzene rings is 1. The second-order valence-electron chi connectivity index (χ2n) is 5.28. The highest BCUT2D eigenvalue weighted by Crippen LogP contribution is 2.36. The number of ether oxygens (including phenoxy) is 1. The van der Waals surface area contributed by atoms with Gasteiger partial charge in [0.05, 0.1) is 16.9 Å². The number of carbonyl (C=O) groups is 2. The number of amides is 2. The molecule has 6 nitrogen and oxygen atoms in total. The first-order chi connectivity index (χ1) is 10.2. The molecular formula is C15H13N3O3. The van der Waals surface area contributed by atoms with Gasteiger partial charge < -0.3 is 10.5 Å². The summed E-state index contributed by atoms with van der Waals surface area (Å²) in [5.74, 6) is -0.604. The zero-order valence-electron chi connectivity index (χ0n) is 11.2. The third kappa shape index (κ3) is 1.66. The summed E-state index contributed by atoms with van der Waals surface area (Å²) < 4.78 is 5.43. The van der Waals surface area contributed by atoms with Crippen LogP contribution in [0.4, 0.5) is 11.4 Å². The monoisotopic (exact) mass is 283 g/mol. The number of morpholine rings is 1. The topological polar surface area (TPSA) is 85.5 Å². The van der Waals surface area contributed by atoms with Gasteiger partial charge in [0.2, 0.25) is 0 Å². The molecule has 0 radical (unpaired) electrons. The number of fused-ring (bicyclic) bond motifs is 3. The zero-order valence-corrected chi connectivity index (χ0v) is 11.2. The molecule has 1 aromatic heterocycles. The van der Waals surface area contributed by atoms with E-state index >= 15 is 0 Å². The molecule has 2 amide bonds. The van der Waals surface area contributed by atoms with E-state index in [9.17, 15) is 9.59 Å². The highest BCUT2D eigenvalue weighted by molar-refractivity contribution is 6.23. The van der Waals surface area contributed by atoms with E-state index in [4.69, 9.17) is 10.5 Å². The molecular weight excluding hydrogens is 270 g/mol. The first kappa shape index (κ1) is 12.3. The molecule has 2 unspecified atom stereocenters. The van der Waals surface area contributed by atoms with Crippen LogP contribution in [0.2, 0.25) is 0 Å². The first-order valence-corrected chi connectivity index (χ1v) is 6.83. The summed E-state index contributed by atoms with van der Waals surface area (Å²) in [6.45, 7) is 0. The highest BCUT2D eigenvalue weighted by atomic mass is 16.5. The van der Waals surface area contributed by atoms with Crippen LogP contribution in [0, 0.1) is 0 Å². The molecule has 4 rings (SSSR count). The minimum absolute atomic E-state index is 0.302. The van der Waals surface area contributed by atoms with Crippen LogP contribution in [0.3, 0.4) is 0 Å². The van der Waals surface area contributed by atoms with Crippen molar-refractivity contribution in [3.8, 4) is 0 Å². The largest absolute Gasteiger partial charge is 0.397 e. The van der Waals surface area contributed by atoms with Gasteiger partial charge in [0.25, 0.3) is 11.8 Å². The quantitative estimate of drug-likeness (QED) is 0.628. The van der Waals surface area contributed by atoms with Gasteiger partial charge in [0.1, 0.15) is 12.2 Å². The molecule has 2 aromatic rings. The third-order valence-corrected chi connectivity index (χ3v) is 4.03. The Morgan fingerprint density at radius 3 is 2.57 bits per heavy atom. The van der Waals surface area contributed by atoms with Crippen LogP contribution in [0.1, 0.15) is 12.8 Å². The van der Waals surface area contributed by atoms with E-state index in [0.717, 1.165) is 0 Å². The van der Waals surface area contributed by atoms with E-state index in [1.165, 1.54) is 4.90 Å². The van der Waals surface area contributed by atoms with E-state index in [1.54, 1.807) is 24.4 Å². The van der Waals surface area contributed by atoms with Crippen molar-refractivity contribution < 1.29 is 14.3 Å². The Morgan fingerprint density at radius 2 is 1.86 bits per heavy atom. The van der Waals surface area contributed by atoms with E-state index < -0.39 is 12.2 Å². The molecule has 1 aromatic carbocycles. The van der Waals surface area contributed by atoms with Gasteiger partial charge in [0.15, 0.2) is 0 Å². The number of hydrogen-bond donors (Lipinski definition) is 1. The van der Waals surface area contributed by atoms with Crippen LogP contribution in [-0.2, 0) is 14.3 Å². The van der Waals surface area contributed by atoms with Gasteiger partial charge in [-0.25, -0.2) is 4.90 Å². The summed E-state index contributed by atoms with van der Waals surface area (Å²) in [4.78, 5) is 30.4. The van der Waals surface area contributed by atoms with Crippen molar-refractivity contribution in [2.24, 2.45) is 0 Å². The maximum atomic E-state index is 12.5. The molecule has 21 heavy (non-hydrogen) atoms. The van der Waals surface area contributed by atoms with Gasteiger partial charge in [-0.05, 0) is 37.1 Å². The Balaban J connectivity index is 1.92. The fraction of sp³-hybridized carbons (Fsp3) is 0.267. The number of nitrogen functional groups attached to an aromatic ring is 1. The van der Waals surface area contributed by atoms with Crippen LogP contribution in [0.5, 0.6) is 0 Å². The summed E-state index contributed by atoms with van der Waals surface area (Å²) in [5.41, 5.74) is 7.56. The van der Waals surface area contributed by atoms with E-state index in [0.29, 0.717) is 35.1 Å². The summed E-state index contributed by atoms with van der Waals surface area (Å²) in [6, 6.07) is 6.93. The van der Waals surface area contributed by atoms with Gasteiger partial charge in [-0.2, -0.15) is 0 Å². The van der Waals surface area contributed by atoms with E-state index in [2.05, 4.69) is 4.98 Å². The fourth-order valence-electron chi connectivity index (χ4n) is 3.01. The number of rotatable bonds is 1. The lowest BCUT2D eigenvalue weighted by Gasteiger charge is -2.30. The van der Waals surface area contributed by atoms with Crippen LogP contribution < -0.4 is 10.6 Å². The molecule has 2 aliphatic rings. The lowest BCUT2D eigenvalue weighted by atomic mass is 10.1. The van der Waals surface area contributed by atoms with Crippen molar-refractivity contribution in [3.05, 3.63) is 30.5 Å². The van der Waals surface area contributed by atoms with Crippen molar-refractivity contribution >= 4 is 34.1 Å². The molecule has 0 spiro atoms. The molecule has 3 heterocycles. The maximum absolute atomic E-state index is 12.5. The van der Waals surface area contributed by atoms with Crippen molar-refractivity contribution in [1.29, 1.82) is 0 Å². The van der Waals surface area contributed by atoms with Gasteiger partial charge in [-0.3, -0.25) is 14.6 Å². The number of nitrogens with two attached hydrogens (primary N) is 1. The number of pyridine rings is 1.